The smallest absolute Gasteiger partial charge is 0.222 e. The summed E-state index contributed by atoms with van der Waals surface area (Å²) in [5.41, 5.74) is 6.48. The minimum absolute atomic E-state index is 0.0509. The average Bonchev–Trinajstić information content (AvgIpc) is 3.14. The van der Waals surface area contributed by atoms with Crippen molar-refractivity contribution in [1.82, 2.24) is 19.5 Å². The van der Waals surface area contributed by atoms with Crippen molar-refractivity contribution in [2.24, 2.45) is 0 Å². The molecule has 4 rings (SSSR count). The van der Waals surface area contributed by atoms with Crippen molar-refractivity contribution in [1.29, 1.82) is 0 Å². The van der Waals surface area contributed by atoms with Crippen molar-refractivity contribution in [3.8, 4) is 11.3 Å². The molecule has 0 spiro atoms. The number of benzene rings is 1. The molecule has 0 radical (unpaired) electrons. The van der Waals surface area contributed by atoms with Crippen LogP contribution in [0.2, 0.25) is 0 Å². The molecular formula is C17H19N5O4. The topological polar surface area (TPSA) is 140 Å². The van der Waals surface area contributed by atoms with Crippen LogP contribution < -0.4 is 5.73 Å². The van der Waals surface area contributed by atoms with Crippen LogP contribution in [-0.2, 0) is 4.74 Å². The maximum atomic E-state index is 10.7. The van der Waals surface area contributed by atoms with Gasteiger partial charge in [0, 0.05) is 5.56 Å². The predicted molar refractivity (Wildman–Crippen MR) is 92.8 cm³/mol. The second-order valence-electron chi connectivity index (χ2n) is 6.50. The van der Waals surface area contributed by atoms with E-state index in [1.807, 2.05) is 30.3 Å². The van der Waals surface area contributed by atoms with Crippen molar-refractivity contribution >= 4 is 17.1 Å². The van der Waals surface area contributed by atoms with Gasteiger partial charge in [0.25, 0.3) is 0 Å². The quantitative estimate of drug-likeness (QED) is 0.517. The van der Waals surface area contributed by atoms with E-state index in [1.165, 1.54) is 17.8 Å². The molecule has 0 aliphatic carbocycles. The summed E-state index contributed by atoms with van der Waals surface area (Å²) in [7, 11) is 0. The highest BCUT2D eigenvalue weighted by Gasteiger charge is 2.53. The fraction of sp³-hybridized carbons (Fsp3) is 0.353. The van der Waals surface area contributed by atoms with Crippen LogP contribution in [0.25, 0.3) is 22.4 Å². The van der Waals surface area contributed by atoms with Crippen molar-refractivity contribution in [3.63, 3.8) is 0 Å². The number of nitrogen functional groups attached to an aromatic ring is 1. The third kappa shape index (κ3) is 2.44. The van der Waals surface area contributed by atoms with E-state index in [2.05, 4.69) is 15.0 Å². The van der Waals surface area contributed by atoms with Gasteiger partial charge in [0.15, 0.2) is 11.9 Å². The maximum Gasteiger partial charge on any atom is 0.222 e. The second-order valence-corrected chi connectivity index (χ2v) is 6.50. The van der Waals surface area contributed by atoms with Crippen molar-refractivity contribution < 1.29 is 20.1 Å². The molecule has 136 valence electrons. The van der Waals surface area contributed by atoms with Crippen LogP contribution >= 0.6 is 0 Å². The molecule has 1 aromatic carbocycles. The van der Waals surface area contributed by atoms with Gasteiger partial charge in [-0.2, -0.15) is 4.98 Å². The number of nitrogens with two attached hydrogens (primary N) is 1. The van der Waals surface area contributed by atoms with Crippen LogP contribution in [0.3, 0.4) is 0 Å². The first-order valence-corrected chi connectivity index (χ1v) is 8.15. The van der Waals surface area contributed by atoms with Gasteiger partial charge in [0.1, 0.15) is 29.0 Å². The second kappa shape index (κ2) is 5.99. The fourth-order valence-corrected chi connectivity index (χ4v) is 3.29. The van der Waals surface area contributed by atoms with Crippen molar-refractivity contribution in [2.45, 2.75) is 31.0 Å². The Kier molecular flexibility index (Phi) is 3.88. The minimum Gasteiger partial charge on any atom is -0.394 e. The molecule has 0 bridgehead atoms. The Morgan fingerprint density at radius 3 is 2.65 bits per heavy atom. The van der Waals surface area contributed by atoms with E-state index in [-0.39, 0.29) is 5.95 Å². The molecule has 0 amide bonds. The van der Waals surface area contributed by atoms with Crippen molar-refractivity contribution in [2.75, 3.05) is 12.3 Å². The molecule has 0 saturated carbocycles. The molecule has 5 N–H and O–H groups in total. The van der Waals surface area contributed by atoms with E-state index in [0.29, 0.717) is 16.9 Å². The average molecular weight is 357 g/mol. The molecule has 9 heteroatoms. The lowest BCUT2D eigenvalue weighted by atomic mass is 9.96. The summed E-state index contributed by atoms with van der Waals surface area (Å²) in [6.07, 6.45) is -1.71. The number of rotatable bonds is 3. The van der Waals surface area contributed by atoms with Crippen LogP contribution in [0, 0.1) is 0 Å². The van der Waals surface area contributed by atoms with Crippen LogP contribution in [-0.4, -0.2) is 59.3 Å². The zero-order valence-electron chi connectivity index (χ0n) is 14.0. The molecule has 3 heterocycles. The van der Waals surface area contributed by atoms with E-state index in [9.17, 15) is 15.3 Å². The predicted octanol–water partition coefficient (Wildman–Crippen LogP) is 0.0771. The number of aliphatic hydroxyl groups excluding tert-OH is 2. The minimum atomic E-state index is -1.65. The Balaban J connectivity index is 1.88. The van der Waals surface area contributed by atoms with Crippen molar-refractivity contribution in [3.05, 3.63) is 36.7 Å². The lowest BCUT2D eigenvalue weighted by molar-refractivity contribution is -0.0950. The first-order valence-electron chi connectivity index (χ1n) is 8.15. The summed E-state index contributed by atoms with van der Waals surface area (Å²) in [5.74, 6) is 0.0509. The zero-order chi connectivity index (χ0) is 18.5. The Morgan fingerprint density at radius 2 is 2.00 bits per heavy atom. The normalized spacial score (nSPS) is 28.7. The third-order valence-corrected chi connectivity index (χ3v) is 4.67. The van der Waals surface area contributed by atoms with E-state index >= 15 is 0 Å². The monoisotopic (exact) mass is 357 g/mol. The van der Waals surface area contributed by atoms with Gasteiger partial charge in [0.2, 0.25) is 5.95 Å². The first kappa shape index (κ1) is 16.9. The highest BCUT2D eigenvalue weighted by molar-refractivity contribution is 5.88. The van der Waals surface area contributed by atoms with E-state index in [0.717, 1.165) is 5.56 Å². The van der Waals surface area contributed by atoms with E-state index in [4.69, 9.17) is 10.5 Å². The highest BCUT2D eigenvalue weighted by atomic mass is 16.6. The number of hydrogen-bond donors (Lipinski definition) is 4. The molecule has 1 fully saturated rings. The SMILES string of the molecule is C[C@@]1(O)[C@H](O)[C@@H](CO)O[C@H]1n1cnc2c(-c3ccccc3)nc(N)nc21. The number of aromatic nitrogens is 4. The Labute approximate surface area is 148 Å². The molecule has 4 atom stereocenters. The number of anilines is 1. The van der Waals surface area contributed by atoms with E-state index < -0.39 is 30.6 Å². The van der Waals surface area contributed by atoms with Crippen LogP contribution in [0.5, 0.6) is 0 Å². The summed E-state index contributed by atoms with van der Waals surface area (Å²) in [4.78, 5) is 12.9. The van der Waals surface area contributed by atoms with Gasteiger partial charge in [-0.3, -0.25) is 4.57 Å². The van der Waals surface area contributed by atoms with E-state index in [1.54, 1.807) is 0 Å². The number of ether oxygens (including phenoxy) is 1. The van der Waals surface area contributed by atoms with Gasteiger partial charge in [0.05, 0.1) is 12.9 Å². The molecule has 9 nitrogen and oxygen atoms in total. The largest absolute Gasteiger partial charge is 0.394 e. The molecule has 0 unspecified atom stereocenters. The molecule has 1 saturated heterocycles. The van der Waals surface area contributed by atoms with Crippen LogP contribution in [0.15, 0.2) is 36.7 Å². The van der Waals surface area contributed by atoms with Gasteiger partial charge in [-0.1, -0.05) is 30.3 Å². The standard InChI is InChI=1S/C17H19N5O4/c1-17(25)13(24)10(7-23)26-15(17)22-8-19-12-11(9-5-3-2-4-6-9)20-16(18)21-14(12)22/h2-6,8,10,13,15,23-25H,7H2,1H3,(H2,18,20,21)/t10-,13-,15-,17-/m1/s1. The van der Waals surface area contributed by atoms with Gasteiger partial charge < -0.3 is 25.8 Å². The zero-order valence-corrected chi connectivity index (χ0v) is 14.0. The summed E-state index contributed by atoms with van der Waals surface area (Å²) in [5, 5.41) is 30.3. The number of aliphatic hydroxyl groups is 3. The van der Waals surface area contributed by atoms with Gasteiger partial charge in [-0.25, -0.2) is 9.97 Å². The van der Waals surface area contributed by atoms with Gasteiger partial charge >= 0.3 is 0 Å². The maximum absolute atomic E-state index is 10.7. The third-order valence-electron chi connectivity index (χ3n) is 4.67. The summed E-state index contributed by atoms with van der Waals surface area (Å²) >= 11 is 0. The summed E-state index contributed by atoms with van der Waals surface area (Å²) < 4.78 is 7.15. The number of imidazole rings is 1. The fourth-order valence-electron chi connectivity index (χ4n) is 3.29. The van der Waals surface area contributed by atoms with Crippen LogP contribution in [0.4, 0.5) is 5.95 Å². The summed E-state index contributed by atoms with van der Waals surface area (Å²) in [6.45, 7) is 1.01. The van der Waals surface area contributed by atoms with Crippen LogP contribution in [0.1, 0.15) is 13.2 Å². The summed E-state index contributed by atoms with van der Waals surface area (Å²) in [6, 6.07) is 9.42. The molecular weight excluding hydrogens is 338 g/mol. The molecule has 3 aromatic rings. The molecule has 1 aliphatic heterocycles. The Hall–Kier alpha value is -2.59. The number of nitrogens with zero attached hydrogens (tertiary/aromatic N) is 4. The Bertz CT molecular complexity index is 943. The molecule has 26 heavy (non-hydrogen) atoms. The lowest BCUT2D eigenvalue weighted by Gasteiger charge is -2.27. The number of hydrogen-bond acceptors (Lipinski definition) is 8. The number of fused-ring (bicyclic) bond motifs is 1. The van der Waals surface area contributed by atoms with Gasteiger partial charge in [-0.05, 0) is 6.92 Å². The Morgan fingerprint density at radius 1 is 1.27 bits per heavy atom. The first-order chi connectivity index (χ1) is 12.4. The molecule has 1 aliphatic rings. The highest BCUT2D eigenvalue weighted by Crippen LogP contribution is 2.40. The van der Waals surface area contributed by atoms with Gasteiger partial charge in [-0.15, -0.1) is 0 Å². The molecule has 2 aromatic heterocycles. The lowest BCUT2D eigenvalue weighted by Crippen LogP contribution is -2.44.